The van der Waals surface area contributed by atoms with E-state index in [0.29, 0.717) is 36.5 Å². The standard InChI is InChI=1S/C13H14O4/c1-2-15-8-9-17-12-5-3-4-11-13(12)10(14)6-7-16-11/h3-7H,2,8-9H2,1H3. The second kappa shape index (κ2) is 5.50. The maximum absolute atomic E-state index is 11.7. The van der Waals surface area contributed by atoms with Crippen molar-refractivity contribution in [2.75, 3.05) is 19.8 Å². The van der Waals surface area contributed by atoms with Crippen LogP contribution in [0.15, 0.2) is 39.7 Å². The van der Waals surface area contributed by atoms with Crippen LogP contribution in [0.3, 0.4) is 0 Å². The zero-order valence-corrected chi connectivity index (χ0v) is 9.64. The lowest BCUT2D eigenvalue weighted by Gasteiger charge is -2.07. The van der Waals surface area contributed by atoms with Gasteiger partial charge in [0.05, 0.1) is 12.9 Å². The summed E-state index contributed by atoms with van der Waals surface area (Å²) in [7, 11) is 0. The Morgan fingerprint density at radius 1 is 1.24 bits per heavy atom. The minimum atomic E-state index is -0.0988. The van der Waals surface area contributed by atoms with Crippen LogP contribution in [0.5, 0.6) is 5.75 Å². The highest BCUT2D eigenvalue weighted by atomic mass is 16.5. The average molecular weight is 234 g/mol. The van der Waals surface area contributed by atoms with Crippen LogP contribution >= 0.6 is 0 Å². The molecule has 0 unspecified atom stereocenters. The first-order valence-corrected chi connectivity index (χ1v) is 5.54. The molecule has 0 saturated heterocycles. The summed E-state index contributed by atoms with van der Waals surface area (Å²) in [4.78, 5) is 11.7. The summed E-state index contributed by atoms with van der Waals surface area (Å²) in [6.07, 6.45) is 1.38. The Labute approximate surface area is 98.8 Å². The maximum atomic E-state index is 11.7. The van der Waals surface area contributed by atoms with Crippen LogP contribution < -0.4 is 10.2 Å². The predicted octanol–water partition coefficient (Wildman–Crippen LogP) is 2.21. The quantitative estimate of drug-likeness (QED) is 0.744. The van der Waals surface area contributed by atoms with Crippen molar-refractivity contribution < 1.29 is 13.9 Å². The first-order chi connectivity index (χ1) is 8.33. The topological polar surface area (TPSA) is 48.7 Å². The van der Waals surface area contributed by atoms with E-state index in [2.05, 4.69) is 0 Å². The van der Waals surface area contributed by atoms with Crippen molar-refractivity contribution in [3.63, 3.8) is 0 Å². The Morgan fingerprint density at radius 2 is 2.12 bits per heavy atom. The second-order valence-corrected chi connectivity index (χ2v) is 3.46. The highest BCUT2D eigenvalue weighted by Gasteiger charge is 2.06. The number of fused-ring (bicyclic) bond motifs is 1. The van der Waals surface area contributed by atoms with Gasteiger partial charge >= 0.3 is 0 Å². The van der Waals surface area contributed by atoms with Crippen LogP contribution in [0.4, 0.5) is 0 Å². The Morgan fingerprint density at radius 3 is 2.94 bits per heavy atom. The molecule has 0 aliphatic rings. The Kier molecular flexibility index (Phi) is 3.77. The van der Waals surface area contributed by atoms with E-state index in [0.717, 1.165) is 0 Å². The molecule has 90 valence electrons. The van der Waals surface area contributed by atoms with Gasteiger partial charge in [-0.15, -0.1) is 0 Å². The molecule has 0 bridgehead atoms. The lowest BCUT2D eigenvalue weighted by Crippen LogP contribution is -2.08. The third-order valence-electron chi connectivity index (χ3n) is 2.34. The largest absolute Gasteiger partial charge is 0.490 e. The molecule has 4 heteroatoms. The Balaban J connectivity index is 2.25. The number of benzene rings is 1. The van der Waals surface area contributed by atoms with Gasteiger partial charge in [0.15, 0.2) is 5.43 Å². The van der Waals surface area contributed by atoms with Crippen LogP contribution in [-0.2, 0) is 4.74 Å². The number of rotatable bonds is 5. The third-order valence-corrected chi connectivity index (χ3v) is 2.34. The lowest BCUT2D eigenvalue weighted by atomic mass is 10.2. The van der Waals surface area contributed by atoms with Crippen molar-refractivity contribution >= 4 is 11.0 Å². The SMILES string of the molecule is CCOCCOc1cccc2occc(=O)c12. The maximum Gasteiger partial charge on any atom is 0.196 e. The first kappa shape index (κ1) is 11.7. The van der Waals surface area contributed by atoms with Crippen molar-refractivity contribution in [1.82, 2.24) is 0 Å². The van der Waals surface area contributed by atoms with Crippen molar-refractivity contribution in [3.05, 3.63) is 40.8 Å². The van der Waals surface area contributed by atoms with E-state index in [1.807, 2.05) is 6.92 Å². The Hall–Kier alpha value is -1.81. The molecular weight excluding hydrogens is 220 g/mol. The highest BCUT2D eigenvalue weighted by molar-refractivity contribution is 5.82. The normalized spacial score (nSPS) is 10.6. The molecule has 17 heavy (non-hydrogen) atoms. The molecular formula is C13H14O4. The van der Waals surface area contributed by atoms with Gasteiger partial charge in [0, 0.05) is 12.7 Å². The smallest absolute Gasteiger partial charge is 0.196 e. The van der Waals surface area contributed by atoms with Crippen molar-refractivity contribution in [2.24, 2.45) is 0 Å². The van der Waals surface area contributed by atoms with Crippen LogP contribution in [0.2, 0.25) is 0 Å². The van der Waals surface area contributed by atoms with Gasteiger partial charge in [-0.1, -0.05) is 6.07 Å². The van der Waals surface area contributed by atoms with Gasteiger partial charge in [-0.3, -0.25) is 4.79 Å². The summed E-state index contributed by atoms with van der Waals surface area (Å²) < 4.78 is 15.9. The molecule has 0 aliphatic carbocycles. The monoisotopic (exact) mass is 234 g/mol. The molecule has 1 heterocycles. The fraction of sp³-hybridized carbons (Fsp3) is 0.308. The van der Waals surface area contributed by atoms with Gasteiger partial charge in [0.25, 0.3) is 0 Å². The molecule has 0 amide bonds. The summed E-state index contributed by atoms with van der Waals surface area (Å²) in [6, 6.07) is 6.68. The van der Waals surface area contributed by atoms with E-state index in [1.165, 1.54) is 12.3 Å². The fourth-order valence-electron chi connectivity index (χ4n) is 1.58. The minimum Gasteiger partial charge on any atom is -0.490 e. The van der Waals surface area contributed by atoms with Crippen LogP contribution in [0, 0.1) is 0 Å². The molecule has 2 rings (SSSR count). The first-order valence-electron chi connectivity index (χ1n) is 5.54. The van der Waals surface area contributed by atoms with E-state index >= 15 is 0 Å². The molecule has 1 aromatic heterocycles. The zero-order valence-electron chi connectivity index (χ0n) is 9.64. The Bertz CT molecular complexity index is 539. The fourth-order valence-corrected chi connectivity index (χ4v) is 1.58. The van der Waals surface area contributed by atoms with E-state index < -0.39 is 0 Å². The van der Waals surface area contributed by atoms with Gasteiger partial charge in [-0.05, 0) is 19.1 Å². The van der Waals surface area contributed by atoms with E-state index in [-0.39, 0.29) is 5.43 Å². The van der Waals surface area contributed by atoms with Crippen molar-refractivity contribution in [1.29, 1.82) is 0 Å². The highest BCUT2D eigenvalue weighted by Crippen LogP contribution is 2.21. The number of hydrogen-bond donors (Lipinski definition) is 0. The molecule has 0 spiro atoms. The summed E-state index contributed by atoms with van der Waals surface area (Å²) in [5.74, 6) is 0.538. The van der Waals surface area contributed by atoms with E-state index in [4.69, 9.17) is 13.9 Å². The van der Waals surface area contributed by atoms with Gasteiger partial charge in [0.1, 0.15) is 23.3 Å². The molecule has 0 aliphatic heterocycles. The average Bonchev–Trinajstić information content (AvgIpc) is 2.35. The summed E-state index contributed by atoms with van der Waals surface area (Å²) in [5, 5.41) is 0.478. The van der Waals surface area contributed by atoms with E-state index in [1.54, 1.807) is 18.2 Å². The zero-order chi connectivity index (χ0) is 12.1. The van der Waals surface area contributed by atoms with Gasteiger partial charge in [0.2, 0.25) is 0 Å². The van der Waals surface area contributed by atoms with Gasteiger partial charge in [-0.25, -0.2) is 0 Å². The van der Waals surface area contributed by atoms with Crippen LogP contribution in [-0.4, -0.2) is 19.8 Å². The number of hydrogen-bond acceptors (Lipinski definition) is 4. The molecule has 4 nitrogen and oxygen atoms in total. The second-order valence-electron chi connectivity index (χ2n) is 3.46. The van der Waals surface area contributed by atoms with Crippen molar-refractivity contribution in [3.8, 4) is 5.75 Å². The van der Waals surface area contributed by atoms with Gasteiger partial charge in [-0.2, -0.15) is 0 Å². The van der Waals surface area contributed by atoms with Crippen molar-refractivity contribution in [2.45, 2.75) is 6.92 Å². The predicted molar refractivity (Wildman–Crippen MR) is 64.5 cm³/mol. The molecule has 0 radical (unpaired) electrons. The molecule has 0 saturated carbocycles. The molecule has 0 atom stereocenters. The van der Waals surface area contributed by atoms with E-state index in [9.17, 15) is 4.79 Å². The summed E-state index contributed by atoms with van der Waals surface area (Å²) in [5.41, 5.74) is 0.435. The summed E-state index contributed by atoms with van der Waals surface area (Å²) in [6.45, 7) is 3.50. The molecule has 1 aromatic carbocycles. The van der Waals surface area contributed by atoms with Gasteiger partial charge < -0.3 is 13.9 Å². The molecule has 0 N–H and O–H groups in total. The lowest BCUT2D eigenvalue weighted by molar-refractivity contribution is 0.110. The third kappa shape index (κ3) is 2.65. The molecule has 2 aromatic rings. The summed E-state index contributed by atoms with van der Waals surface area (Å²) >= 11 is 0. The minimum absolute atomic E-state index is 0.0988. The van der Waals surface area contributed by atoms with Crippen LogP contribution in [0.25, 0.3) is 11.0 Å². The number of ether oxygens (including phenoxy) is 2. The van der Waals surface area contributed by atoms with Crippen LogP contribution in [0.1, 0.15) is 6.92 Å². The molecule has 0 fully saturated rings.